The highest BCUT2D eigenvalue weighted by Crippen LogP contribution is 2.47. The minimum absolute atomic E-state index is 0.149. The van der Waals surface area contributed by atoms with Gasteiger partial charge in [0, 0.05) is 21.9 Å². The van der Waals surface area contributed by atoms with Gasteiger partial charge in [0.25, 0.3) is 0 Å². The molecule has 2 aromatic rings. The summed E-state index contributed by atoms with van der Waals surface area (Å²) in [5.74, 6) is 0.974. The number of halogens is 2. The summed E-state index contributed by atoms with van der Waals surface area (Å²) in [5, 5.41) is -0.149. The second-order valence-electron chi connectivity index (χ2n) is 6.03. The fourth-order valence-electron chi connectivity index (χ4n) is 2.89. The normalized spacial score (nSPS) is 15.4. The SMILES string of the molecule is CC(C)(c1ccccc1)C(Cl)c1cc(Br)cc2c1OCC2. The quantitative estimate of drug-likeness (QED) is 0.639. The van der Waals surface area contributed by atoms with E-state index in [1.54, 1.807) is 0 Å². The summed E-state index contributed by atoms with van der Waals surface area (Å²) in [5.41, 5.74) is 3.38. The molecule has 0 amide bonds. The Bertz CT molecular complexity index is 652. The molecule has 0 spiro atoms. The summed E-state index contributed by atoms with van der Waals surface area (Å²) in [4.78, 5) is 0. The first kappa shape index (κ1) is 14.9. The zero-order valence-corrected chi connectivity index (χ0v) is 14.5. The molecule has 0 aliphatic carbocycles. The number of rotatable bonds is 3. The molecule has 0 aromatic heterocycles. The van der Waals surface area contributed by atoms with Gasteiger partial charge in [0.1, 0.15) is 5.75 Å². The lowest BCUT2D eigenvalue weighted by Crippen LogP contribution is -2.23. The van der Waals surface area contributed by atoms with Gasteiger partial charge in [0.05, 0.1) is 12.0 Å². The second-order valence-corrected chi connectivity index (χ2v) is 7.38. The highest BCUT2D eigenvalue weighted by molar-refractivity contribution is 9.10. The van der Waals surface area contributed by atoms with Crippen LogP contribution in [0.3, 0.4) is 0 Å². The molecule has 0 saturated carbocycles. The van der Waals surface area contributed by atoms with Gasteiger partial charge in [-0.25, -0.2) is 0 Å². The molecule has 2 aromatic carbocycles. The molecule has 1 unspecified atom stereocenters. The van der Waals surface area contributed by atoms with Gasteiger partial charge in [-0.2, -0.15) is 0 Å². The number of alkyl halides is 1. The van der Waals surface area contributed by atoms with Crippen LogP contribution in [0.5, 0.6) is 5.75 Å². The lowest BCUT2D eigenvalue weighted by atomic mass is 9.78. The third kappa shape index (κ3) is 2.72. The number of fused-ring (bicyclic) bond motifs is 1. The number of benzene rings is 2. The van der Waals surface area contributed by atoms with Crippen molar-refractivity contribution >= 4 is 27.5 Å². The van der Waals surface area contributed by atoms with Crippen molar-refractivity contribution in [3.63, 3.8) is 0 Å². The largest absolute Gasteiger partial charge is 0.493 e. The van der Waals surface area contributed by atoms with Crippen LogP contribution in [0.15, 0.2) is 46.9 Å². The first-order valence-corrected chi connectivity index (χ1v) is 8.38. The average molecular weight is 366 g/mol. The van der Waals surface area contributed by atoms with Gasteiger partial charge >= 0.3 is 0 Å². The van der Waals surface area contributed by atoms with Gasteiger partial charge in [0.15, 0.2) is 0 Å². The van der Waals surface area contributed by atoms with Crippen molar-refractivity contribution < 1.29 is 4.74 Å². The molecule has 1 atom stereocenters. The van der Waals surface area contributed by atoms with E-state index in [0.29, 0.717) is 0 Å². The summed E-state index contributed by atoms with van der Waals surface area (Å²) in [7, 11) is 0. The minimum Gasteiger partial charge on any atom is -0.493 e. The van der Waals surface area contributed by atoms with Crippen LogP contribution in [0.4, 0.5) is 0 Å². The Morgan fingerprint density at radius 1 is 1.19 bits per heavy atom. The van der Waals surface area contributed by atoms with E-state index in [9.17, 15) is 0 Å². The van der Waals surface area contributed by atoms with Crippen LogP contribution in [0.2, 0.25) is 0 Å². The molecule has 1 aliphatic heterocycles. The van der Waals surface area contributed by atoms with E-state index in [-0.39, 0.29) is 10.8 Å². The summed E-state index contributed by atoms with van der Waals surface area (Å²) in [6, 6.07) is 14.6. The van der Waals surface area contributed by atoms with Gasteiger partial charge in [-0.15, -0.1) is 11.6 Å². The van der Waals surface area contributed by atoms with E-state index in [0.717, 1.165) is 28.8 Å². The maximum Gasteiger partial charge on any atom is 0.127 e. The molecule has 1 aliphatic rings. The maximum atomic E-state index is 6.89. The Labute approximate surface area is 139 Å². The molecule has 0 N–H and O–H groups in total. The lowest BCUT2D eigenvalue weighted by molar-refractivity contribution is 0.349. The van der Waals surface area contributed by atoms with Gasteiger partial charge in [0.2, 0.25) is 0 Å². The van der Waals surface area contributed by atoms with Crippen molar-refractivity contribution in [2.45, 2.75) is 31.1 Å². The predicted octanol–water partition coefficient (Wildman–Crippen LogP) is 5.64. The van der Waals surface area contributed by atoms with Crippen molar-refractivity contribution in [1.82, 2.24) is 0 Å². The van der Waals surface area contributed by atoms with Crippen LogP contribution in [0, 0.1) is 0 Å². The fourth-order valence-corrected chi connectivity index (χ4v) is 3.70. The lowest BCUT2D eigenvalue weighted by Gasteiger charge is -2.32. The van der Waals surface area contributed by atoms with Crippen LogP contribution in [0.25, 0.3) is 0 Å². The van der Waals surface area contributed by atoms with Gasteiger partial charge in [-0.1, -0.05) is 60.1 Å². The van der Waals surface area contributed by atoms with E-state index in [4.69, 9.17) is 16.3 Å². The fraction of sp³-hybridized carbons (Fsp3) is 0.333. The third-order valence-corrected chi connectivity index (χ3v) is 5.44. The molecule has 0 bridgehead atoms. The topological polar surface area (TPSA) is 9.23 Å². The summed E-state index contributed by atoms with van der Waals surface area (Å²) in [6.07, 6.45) is 0.956. The summed E-state index contributed by atoms with van der Waals surface area (Å²) >= 11 is 10.5. The van der Waals surface area contributed by atoms with Crippen LogP contribution in [0.1, 0.15) is 35.9 Å². The molecular formula is C18H18BrClO. The van der Waals surface area contributed by atoms with E-state index < -0.39 is 0 Å². The summed E-state index contributed by atoms with van der Waals surface area (Å²) in [6.45, 7) is 5.11. The summed E-state index contributed by atoms with van der Waals surface area (Å²) < 4.78 is 6.90. The van der Waals surface area contributed by atoms with Gasteiger partial charge in [-0.05, 0) is 23.3 Å². The minimum atomic E-state index is -0.177. The molecule has 3 heteroatoms. The van der Waals surface area contributed by atoms with Crippen LogP contribution < -0.4 is 4.74 Å². The number of hydrogen-bond acceptors (Lipinski definition) is 1. The molecule has 0 radical (unpaired) electrons. The van der Waals surface area contributed by atoms with Crippen LogP contribution in [-0.4, -0.2) is 6.61 Å². The molecule has 110 valence electrons. The van der Waals surface area contributed by atoms with Gasteiger partial charge in [-0.3, -0.25) is 0 Å². The second kappa shape index (κ2) is 5.66. The average Bonchev–Trinajstić information content (AvgIpc) is 2.94. The number of ether oxygens (including phenoxy) is 1. The highest BCUT2D eigenvalue weighted by atomic mass is 79.9. The zero-order chi connectivity index (χ0) is 15.0. The Hall–Kier alpha value is -0.990. The molecule has 3 rings (SSSR count). The molecule has 0 saturated heterocycles. The smallest absolute Gasteiger partial charge is 0.127 e. The molecule has 1 heterocycles. The first-order valence-electron chi connectivity index (χ1n) is 7.15. The van der Waals surface area contributed by atoms with Crippen molar-refractivity contribution in [3.05, 3.63) is 63.6 Å². The number of hydrogen-bond donors (Lipinski definition) is 0. The molecule has 21 heavy (non-hydrogen) atoms. The Morgan fingerprint density at radius 3 is 2.62 bits per heavy atom. The highest BCUT2D eigenvalue weighted by Gasteiger charge is 2.34. The van der Waals surface area contributed by atoms with Crippen LogP contribution >= 0.6 is 27.5 Å². The third-order valence-electron chi connectivity index (χ3n) is 4.20. The zero-order valence-electron chi connectivity index (χ0n) is 12.2. The van der Waals surface area contributed by atoms with Crippen molar-refractivity contribution in [2.24, 2.45) is 0 Å². The van der Waals surface area contributed by atoms with Gasteiger partial charge < -0.3 is 4.74 Å². The van der Waals surface area contributed by atoms with Crippen molar-refractivity contribution in [1.29, 1.82) is 0 Å². The molecular weight excluding hydrogens is 348 g/mol. The standard InChI is InChI=1S/C18H18BrClO/c1-18(2,13-6-4-3-5-7-13)17(20)15-11-14(19)10-12-8-9-21-16(12)15/h3-7,10-11,17H,8-9H2,1-2H3. The van der Waals surface area contributed by atoms with Crippen molar-refractivity contribution in [3.8, 4) is 5.75 Å². The molecule has 1 nitrogen and oxygen atoms in total. The molecule has 0 fully saturated rings. The van der Waals surface area contributed by atoms with Crippen LogP contribution in [-0.2, 0) is 11.8 Å². The Morgan fingerprint density at radius 2 is 1.90 bits per heavy atom. The van der Waals surface area contributed by atoms with E-state index in [1.165, 1.54) is 11.1 Å². The Balaban J connectivity index is 2.05. The Kier molecular flexibility index (Phi) is 4.02. The monoisotopic (exact) mass is 364 g/mol. The first-order chi connectivity index (χ1) is 10.00. The van der Waals surface area contributed by atoms with Crippen molar-refractivity contribution in [2.75, 3.05) is 6.61 Å². The van der Waals surface area contributed by atoms with E-state index in [1.807, 2.05) is 6.07 Å². The predicted molar refractivity (Wildman–Crippen MR) is 91.4 cm³/mol. The van der Waals surface area contributed by atoms with E-state index in [2.05, 4.69) is 66.2 Å². The maximum absolute atomic E-state index is 6.89. The van der Waals surface area contributed by atoms with E-state index >= 15 is 0 Å².